The van der Waals surface area contributed by atoms with Crippen molar-refractivity contribution in [2.24, 2.45) is 0 Å². The monoisotopic (exact) mass is 340 g/mol. The summed E-state index contributed by atoms with van der Waals surface area (Å²) in [5.41, 5.74) is 1.45. The Kier molecular flexibility index (Phi) is 3.20. The molecule has 24 heavy (non-hydrogen) atoms. The van der Waals surface area contributed by atoms with Crippen LogP contribution in [-0.4, -0.2) is 33.1 Å². The number of fused-ring (bicyclic) bond motifs is 3. The molecule has 2 aliphatic heterocycles. The molecule has 0 fully saturated rings. The number of H-pyrrole nitrogens is 1. The minimum absolute atomic E-state index is 0.232. The fourth-order valence-electron chi connectivity index (χ4n) is 2.63. The van der Waals surface area contributed by atoms with Crippen LogP contribution < -0.4 is 5.56 Å². The number of hydrogen-bond acceptors (Lipinski definition) is 6. The van der Waals surface area contributed by atoms with Crippen molar-refractivity contribution in [2.75, 3.05) is 7.11 Å². The Hall–Kier alpha value is -3.00. The lowest BCUT2D eigenvalue weighted by Gasteiger charge is -2.00. The molecule has 0 bridgehead atoms. The average Bonchev–Trinajstić information content (AvgIpc) is 3.14. The van der Waals surface area contributed by atoms with E-state index in [-0.39, 0.29) is 11.3 Å². The van der Waals surface area contributed by atoms with Gasteiger partial charge in [-0.15, -0.1) is 11.3 Å². The van der Waals surface area contributed by atoms with Crippen LogP contribution in [-0.2, 0) is 4.74 Å². The molecule has 0 saturated heterocycles. The van der Waals surface area contributed by atoms with Gasteiger partial charge in [-0.25, -0.2) is 4.79 Å². The number of nitrogens with one attached hydrogen (secondary N) is 1. The second kappa shape index (κ2) is 5.27. The number of aryl methyl sites for hydroxylation is 1. The number of thiophene rings is 1. The van der Waals surface area contributed by atoms with Crippen LogP contribution in [0, 0.1) is 6.92 Å². The number of aromatic amines is 1. The zero-order valence-electron chi connectivity index (χ0n) is 12.9. The van der Waals surface area contributed by atoms with Gasteiger partial charge in [0.1, 0.15) is 10.7 Å². The van der Waals surface area contributed by atoms with Crippen LogP contribution in [0.3, 0.4) is 0 Å². The third-order valence-electron chi connectivity index (χ3n) is 3.72. The first kappa shape index (κ1) is 14.6. The summed E-state index contributed by atoms with van der Waals surface area (Å²) in [6.45, 7) is 1.86. The van der Waals surface area contributed by atoms with Gasteiger partial charge in [-0.05, 0) is 19.1 Å². The number of benzene rings is 1. The van der Waals surface area contributed by atoms with Gasteiger partial charge in [0.15, 0.2) is 5.69 Å². The Bertz CT molecular complexity index is 1110. The van der Waals surface area contributed by atoms with Gasteiger partial charge in [-0.1, -0.05) is 18.2 Å². The highest BCUT2D eigenvalue weighted by Crippen LogP contribution is 2.28. The van der Waals surface area contributed by atoms with Crippen LogP contribution in [0.1, 0.15) is 15.2 Å². The van der Waals surface area contributed by atoms with Crippen LogP contribution in [0.2, 0.25) is 0 Å². The van der Waals surface area contributed by atoms with Crippen molar-refractivity contribution >= 4 is 28.2 Å². The minimum atomic E-state index is -0.502. The molecule has 8 heteroatoms. The molecule has 0 unspecified atom stereocenters. The number of aromatic nitrogens is 4. The molecule has 7 nitrogen and oxygen atoms in total. The zero-order valence-corrected chi connectivity index (χ0v) is 13.7. The van der Waals surface area contributed by atoms with Gasteiger partial charge in [0.2, 0.25) is 0 Å². The van der Waals surface area contributed by atoms with Crippen molar-refractivity contribution in [2.45, 2.75) is 6.92 Å². The summed E-state index contributed by atoms with van der Waals surface area (Å²) in [4.78, 5) is 25.6. The van der Waals surface area contributed by atoms with Crippen LogP contribution in [0.5, 0.6) is 0 Å². The van der Waals surface area contributed by atoms with Crippen molar-refractivity contribution in [1.29, 1.82) is 0 Å². The highest BCUT2D eigenvalue weighted by molar-refractivity contribution is 7.14. The van der Waals surface area contributed by atoms with E-state index < -0.39 is 5.97 Å². The summed E-state index contributed by atoms with van der Waals surface area (Å²) < 4.78 is 6.02. The highest BCUT2D eigenvalue weighted by atomic mass is 32.1. The first-order chi connectivity index (χ1) is 11.6. The van der Waals surface area contributed by atoms with Gasteiger partial charge in [-0.2, -0.15) is 14.9 Å². The largest absolute Gasteiger partial charge is 0.465 e. The van der Waals surface area contributed by atoms with E-state index in [0.29, 0.717) is 16.3 Å². The number of rotatable bonds is 2. The quantitative estimate of drug-likeness (QED) is 0.566. The van der Waals surface area contributed by atoms with E-state index >= 15 is 0 Å². The first-order valence-corrected chi connectivity index (χ1v) is 7.97. The van der Waals surface area contributed by atoms with Gasteiger partial charge in [0.25, 0.3) is 0 Å². The Balaban J connectivity index is 2.04. The number of hydrogen-bond donors (Lipinski definition) is 1. The molecule has 0 amide bonds. The van der Waals surface area contributed by atoms with Crippen molar-refractivity contribution in [3.8, 4) is 16.4 Å². The van der Waals surface area contributed by atoms with E-state index in [1.165, 1.54) is 23.1 Å². The van der Waals surface area contributed by atoms with E-state index in [0.717, 1.165) is 15.8 Å². The maximum atomic E-state index is 12.7. The Morgan fingerprint density at radius 3 is 2.88 bits per heavy atom. The summed E-state index contributed by atoms with van der Waals surface area (Å²) >= 11 is 1.31. The molecular weight excluding hydrogens is 328 g/mol. The average molecular weight is 340 g/mol. The van der Waals surface area contributed by atoms with Crippen molar-refractivity contribution in [1.82, 2.24) is 20.0 Å². The SMILES string of the molecule is COC(=O)c1cc(C)sc1-n1nc2c3ccccc3[nH]nc-2c1=O. The number of para-hydroxylation sites is 1. The Labute approximate surface area is 139 Å². The predicted molar refractivity (Wildman–Crippen MR) is 90.1 cm³/mol. The van der Waals surface area contributed by atoms with E-state index in [1.807, 2.05) is 31.2 Å². The molecule has 3 heterocycles. The molecule has 0 aliphatic carbocycles. The summed E-state index contributed by atoms with van der Waals surface area (Å²) in [5, 5.41) is 12.6. The summed E-state index contributed by atoms with van der Waals surface area (Å²) in [6, 6.07) is 9.16. The Morgan fingerprint density at radius 1 is 1.29 bits per heavy atom. The minimum Gasteiger partial charge on any atom is -0.465 e. The Morgan fingerprint density at radius 2 is 2.08 bits per heavy atom. The van der Waals surface area contributed by atoms with Gasteiger partial charge >= 0.3 is 11.5 Å². The molecule has 1 aromatic heterocycles. The van der Waals surface area contributed by atoms with Gasteiger partial charge in [-0.3, -0.25) is 9.89 Å². The number of carbonyl (C=O) groups excluding carboxylic acids is 1. The number of esters is 1. The lowest BCUT2D eigenvalue weighted by molar-refractivity contribution is 0.0601. The second-order valence-corrected chi connectivity index (χ2v) is 6.49. The maximum absolute atomic E-state index is 12.7. The molecule has 1 N–H and O–H groups in total. The molecule has 1 aromatic carbocycles. The fraction of sp³-hybridized carbons (Fsp3) is 0.125. The topological polar surface area (TPSA) is 89.9 Å². The number of carbonyl (C=O) groups is 1. The summed E-state index contributed by atoms with van der Waals surface area (Å²) in [5.74, 6) is -0.502. The van der Waals surface area contributed by atoms with Crippen LogP contribution in [0.4, 0.5) is 0 Å². The highest BCUT2D eigenvalue weighted by Gasteiger charge is 2.25. The molecule has 0 atom stereocenters. The van der Waals surface area contributed by atoms with Crippen molar-refractivity contribution < 1.29 is 9.53 Å². The number of nitrogens with zero attached hydrogens (tertiary/aromatic N) is 3. The van der Waals surface area contributed by atoms with Crippen molar-refractivity contribution in [3.63, 3.8) is 0 Å². The van der Waals surface area contributed by atoms with Gasteiger partial charge in [0.05, 0.1) is 18.2 Å². The first-order valence-electron chi connectivity index (χ1n) is 7.15. The molecule has 0 radical (unpaired) electrons. The number of ether oxygens (including phenoxy) is 1. The normalized spacial score (nSPS) is 11.2. The van der Waals surface area contributed by atoms with E-state index in [4.69, 9.17) is 4.74 Å². The predicted octanol–water partition coefficient (Wildman–Crippen LogP) is 2.37. The fourth-order valence-corrected chi connectivity index (χ4v) is 3.58. The molecule has 2 aliphatic rings. The molecule has 120 valence electrons. The van der Waals surface area contributed by atoms with Gasteiger partial charge in [0, 0.05) is 10.3 Å². The second-order valence-electron chi connectivity index (χ2n) is 5.25. The van der Waals surface area contributed by atoms with E-state index in [2.05, 4.69) is 15.3 Å². The summed E-state index contributed by atoms with van der Waals surface area (Å²) in [6.07, 6.45) is 0. The van der Waals surface area contributed by atoms with E-state index in [1.54, 1.807) is 6.07 Å². The lowest BCUT2D eigenvalue weighted by Crippen LogP contribution is -2.17. The molecule has 4 rings (SSSR count). The molecule has 2 aromatic rings. The molecule has 0 spiro atoms. The van der Waals surface area contributed by atoms with Crippen molar-refractivity contribution in [3.05, 3.63) is 51.1 Å². The zero-order chi connectivity index (χ0) is 16.8. The van der Waals surface area contributed by atoms with Gasteiger partial charge < -0.3 is 4.74 Å². The third kappa shape index (κ3) is 2.04. The standard InChI is InChI=1S/C16H12N4O3S/c1-8-7-10(16(22)23-2)15(24-8)20-14(21)13-12(19-20)9-5-3-4-6-11(9)17-18-13/h3-7,17H,1-2H3. The summed E-state index contributed by atoms with van der Waals surface area (Å²) in [7, 11) is 1.31. The van der Waals surface area contributed by atoms with Crippen LogP contribution in [0.25, 0.3) is 27.3 Å². The lowest BCUT2D eigenvalue weighted by atomic mass is 10.1. The molecular formula is C16H12N4O3S. The van der Waals surface area contributed by atoms with Crippen LogP contribution in [0.15, 0.2) is 35.1 Å². The third-order valence-corrected chi connectivity index (χ3v) is 4.75. The van der Waals surface area contributed by atoms with E-state index in [9.17, 15) is 9.59 Å². The van der Waals surface area contributed by atoms with Crippen LogP contribution >= 0.6 is 11.3 Å². The maximum Gasteiger partial charge on any atom is 0.340 e. The smallest absolute Gasteiger partial charge is 0.340 e. The molecule has 0 saturated carbocycles. The number of methoxy groups -OCH3 is 1.